The summed E-state index contributed by atoms with van der Waals surface area (Å²) in [6, 6.07) is 4.08. The molecule has 1 aliphatic rings. The van der Waals surface area contributed by atoms with E-state index in [9.17, 15) is 4.39 Å². The Kier molecular flexibility index (Phi) is 4.20. The second-order valence-corrected chi connectivity index (χ2v) is 4.52. The Morgan fingerprint density at radius 1 is 1.53 bits per heavy atom. The van der Waals surface area contributed by atoms with E-state index in [-0.39, 0.29) is 23.0 Å². The highest BCUT2D eigenvalue weighted by Gasteiger charge is 2.19. The van der Waals surface area contributed by atoms with Gasteiger partial charge in [-0.15, -0.1) is 0 Å². The van der Waals surface area contributed by atoms with Gasteiger partial charge in [-0.3, -0.25) is 0 Å². The summed E-state index contributed by atoms with van der Waals surface area (Å²) in [5.74, 6) is 0.112. The first-order valence-electron chi connectivity index (χ1n) is 5.59. The standard InChI is InChI=1S/C12H15ClFNO2/c1-8-5-15-6-10(17-8)7-16-12-3-2-9(14)4-11(12)13/h2-4,8,10,15H,5-7H2,1H3. The van der Waals surface area contributed by atoms with Gasteiger partial charge < -0.3 is 14.8 Å². The third-order valence-corrected chi connectivity index (χ3v) is 2.84. The third kappa shape index (κ3) is 3.56. The second-order valence-electron chi connectivity index (χ2n) is 4.11. The number of benzene rings is 1. The molecule has 0 aliphatic carbocycles. The highest BCUT2D eigenvalue weighted by molar-refractivity contribution is 6.32. The van der Waals surface area contributed by atoms with E-state index in [1.54, 1.807) is 0 Å². The third-order valence-electron chi connectivity index (χ3n) is 2.55. The molecule has 94 valence electrons. The van der Waals surface area contributed by atoms with Gasteiger partial charge >= 0.3 is 0 Å². The number of ether oxygens (including phenoxy) is 2. The molecule has 5 heteroatoms. The fourth-order valence-electron chi connectivity index (χ4n) is 1.75. The summed E-state index contributed by atoms with van der Waals surface area (Å²) in [6.07, 6.45) is 0.181. The summed E-state index contributed by atoms with van der Waals surface area (Å²) >= 11 is 5.85. The van der Waals surface area contributed by atoms with Crippen LogP contribution >= 0.6 is 11.6 Å². The summed E-state index contributed by atoms with van der Waals surface area (Å²) in [6.45, 7) is 4.02. The molecule has 0 spiro atoms. The first-order valence-corrected chi connectivity index (χ1v) is 5.97. The van der Waals surface area contributed by atoms with Crippen LogP contribution in [0.3, 0.4) is 0 Å². The number of hydrogen-bond acceptors (Lipinski definition) is 3. The van der Waals surface area contributed by atoms with E-state index in [1.807, 2.05) is 6.92 Å². The number of nitrogens with one attached hydrogen (secondary N) is 1. The van der Waals surface area contributed by atoms with Crippen molar-refractivity contribution in [2.75, 3.05) is 19.7 Å². The van der Waals surface area contributed by atoms with Crippen LogP contribution < -0.4 is 10.1 Å². The Hall–Kier alpha value is -0.840. The summed E-state index contributed by atoms with van der Waals surface area (Å²) in [5.41, 5.74) is 0. The molecule has 2 unspecified atom stereocenters. The van der Waals surface area contributed by atoms with Gasteiger partial charge in [-0.2, -0.15) is 0 Å². The molecule has 0 saturated carbocycles. The largest absolute Gasteiger partial charge is 0.489 e. The fourth-order valence-corrected chi connectivity index (χ4v) is 1.97. The SMILES string of the molecule is CC1CNCC(COc2ccc(F)cc2Cl)O1. The quantitative estimate of drug-likeness (QED) is 0.903. The van der Waals surface area contributed by atoms with Gasteiger partial charge in [0.05, 0.1) is 11.1 Å². The van der Waals surface area contributed by atoms with Crippen LogP contribution in [0.15, 0.2) is 18.2 Å². The lowest BCUT2D eigenvalue weighted by atomic mass is 10.2. The molecule has 0 bridgehead atoms. The summed E-state index contributed by atoms with van der Waals surface area (Å²) in [7, 11) is 0. The van der Waals surface area contributed by atoms with Gasteiger partial charge in [0.25, 0.3) is 0 Å². The molecule has 1 N–H and O–H groups in total. The fraction of sp³-hybridized carbons (Fsp3) is 0.500. The molecule has 2 atom stereocenters. The van der Waals surface area contributed by atoms with Crippen molar-refractivity contribution < 1.29 is 13.9 Å². The lowest BCUT2D eigenvalue weighted by Crippen LogP contribution is -2.45. The van der Waals surface area contributed by atoms with E-state index in [0.717, 1.165) is 13.1 Å². The second kappa shape index (κ2) is 5.67. The molecular weight excluding hydrogens is 245 g/mol. The van der Waals surface area contributed by atoms with Crippen LogP contribution in [0.5, 0.6) is 5.75 Å². The van der Waals surface area contributed by atoms with E-state index in [1.165, 1.54) is 18.2 Å². The molecular formula is C12H15ClFNO2. The van der Waals surface area contributed by atoms with E-state index in [0.29, 0.717) is 12.4 Å². The zero-order chi connectivity index (χ0) is 12.3. The molecule has 2 rings (SSSR count). The highest BCUT2D eigenvalue weighted by atomic mass is 35.5. The number of morpholine rings is 1. The molecule has 1 aliphatic heterocycles. The normalized spacial score (nSPS) is 24.6. The lowest BCUT2D eigenvalue weighted by Gasteiger charge is -2.28. The Balaban J connectivity index is 1.88. The van der Waals surface area contributed by atoms with Crippen molar-refractivity contribution in [3.05, 3.63) is 29.0 Å². The minimum atomic E-state index is -0.369. The maximum absolute atomic E-state index is 12.8. The van der Waals surface area contributed by atoms with Gasteiger partial charge in [0.2, 0.25) is 0 Å². The topological polar surface area (TPSA) is 30.5 Å². The smallest absolute Gasteiger partial charge is 0.138 e. The van der Waals surface area contributed by atoms with Crippen LogP contribution in [-0.2, 0) is 4.74 Å². The molecule has 1 fully saturated rings. The average molecular weight is 260 g/mol. The molecule has 17 heavy (non-hydrogen) atoms. The molecule has 0 amide bonds. The predicted molar refractivity (Wildman–Crippen MR) is 64.1 cm³/mol. The van der Waals surface area contributed by atoms with E-state index >= 15 is 0 Å². The van der Waals surface area contributed by atoms with Gasteiger partial charge in [-0.1, -0.05) is 11.6 Å². The first-order chi connectivity index (χ1) is 8.15. The van der Waals surface area contributed by atoms with Crippen molar-refractivity contribution in [2.45, 2.75) is 19.1 Å². The molecule has 1 saturated heterocycles. The Morgan fingerprint density at radius 2 is 2.35 bits per heavy atom. The van der Waals surface area contributed by atoms with Crippen molar-refractivity contribution >= 4 is 11.6 Å². The minimum absolute atomic E-state index is 0.000121. The Bertz CT molecular complexity index is 389. The zero-order valence-electron chi connectivity index (χ0n) is 9.58. The van der Waals surface area contributed by atoms with Gasteiger partial charge in [0, 0.05) is 13.1 Å². The number of halogens is 2. The molecule has 1 heterocycles. The Labute approximate surface area is 105 Å². The van der Waals surface area contributed by atoms with E-state index in [2.05, 4.69) is 5.32 Å². The number of rotatable bonds is 3. The van der Waals surface area contributed by atoms with Gasteiger partial charge in [-0.25, -0.2) is 4.39 Å². The monoisotopic (exact) mass is 259 g/mol. The summed E-state index contributed by atoms with van der Waals surface area (Å²) in [4.78, 5) is 0. The van der Waals surface area contributed by atoms with Crippen LogP contribution in [0.1, 0.15) is 6.92 Å². The van der Waals surface area contributed by atoms with Crippen molar-refractivity contribution in [3.8, 4) is 5.75 Å². The molecule has 0 radical (unpaired) electrons. The maximum atomic E-state index is 12.8. The van der Waals surface area contributed by atoms with Crippen LogP contribution in [0.25, 0.3) is 0 Å². The number of hydrogen-bond donors (Lipinski definition) is 1. The van der Waals surface area contributed by atoms with E-state index in [4.69, 9.17) is 21.1 Å². The Morgan fingerprint density at radius 3 is 3.06 bits per heavy atom. The highest BCUT2D eigenvalue weighted by Crippen LogP contribution is 2.25. The lowest BCUT2D eigenvalue weighted by molar-refractivity contribution is -0.0470. The van der Waals surface area contributed by atoms with Crippen molar-refractivity contribution in [2.24, 2.45) is 0 Å². The summed E-state index contributed by atoms with van der Waals surface area (Å²) in [5, 5.41) is 3.53. The van der Waals surface area contributed by atoms with Crippen LogP contribution in [-0.4, -0.2) is 31.9 Å². The molecule has 0 aromatic heterocycles. The van der Waals surface area contributed by atoms with Crippen molar-refractivity contribution in [1.29, 1.82) is 0 Å². The minimum Gasteiger partial charge on any atom is -0.489 e. The summed E-state index contributed by atoms with van der Waals surface area (Å²) < 4.78 is 24.0. The van der Waals surface area contributed by atoms with Crippen LogP contribution in [0.2, 0.25) is 5.02 Å². The average Bonchev–Trinajstić information content (AvgIpc) is 2.28. The van der Waals surface area contributed by atoms with Gasteiger partial charge in [-0.05, 0) is 25.1 Å². The maximum Gasteiger partial charge on any atom is 0.138 e. The van der Waals surface area contributed by atoms with Gasteiger partial charge in [0.1, 0.15) is 24.3 Å². The molecule has 1 aromatic carbocycles. The zero-order valence-corrected chi connectivity index (χ0v) is 10.3. The van der Waals surface area contributed by atoms with Gasteiger partial charge in [0.15, 0.2) is 0 Å². The predicted octanol–water partition coefficient (Wildman–Crippen LogP) is 2.23. The first kappa shape index (κ1) is 12.6. The molecule has 1 aromatic rings. The van der Waals surface area contributed by atoms with E-state index < -0.39 is 0 Å². The van der Waals surface area contributed by atoms with Crippen LogP contribution in [0.4, 0.5) is 4.39 Å². The van der Waals surface area contributed by atoms with Crippen LogP contribution in [0, 0.1) is 5.82 Å². The molecule has 3 nitrogen and oxygen atoms in total. The van der Waals surface area contributed by atoms with Crippen molar-refractivity contribution in [3.63, 3.8) is 0 Å². The van der Waals surface area contributed by atoms with Crippen molar-refractivity contribution in [1.82, 2.24) is 5.32 Å².